The monoisotopic (exact) mass is 190 g/mol. The van der Waals surface area contributed by atoms with E-state index in [0.717, 1.165) is 12.3 Å². The number of aromatic nitrogens is 1. The van der Waals surface area contributed by atoms with Crippen LogP contribution in [0.2, 0.25) is 0 Å². The van der Waals surface area contributed by atoms with Crippen molar-refractivity contribution in [1.82, 2.24) is 3.97 Å². The van der Waals surface area contributed by atoms with Crippen molar-refractivity contribution in [3.63, 3.8) is 0 Å². The molecule has 66 valence electrons. The van der Waals surface area contributed by atoms with Gasteiger partial charge in [0.25, 0.3) is 0 Å². The Morgan fingerprint density at radius 2 is 2.08 bits per heavy atom. The van der Waals surface area contributed by atoms with Crippen LogP contribution in [0, 0.1) is 5.41 Å². The molecule has 0 aliphatic rings. The molecule has 0 fully saturated rings. The van der Waals surface area contributed by atoms with Crippen LogP contribution in [0.25, 0.3) is 0 Å². The largest absolute Gasteiger partial charge is 0.504 e. The average molecular weight is 190 g/mol. The number of aromatic hydroxyl groups is 1. The van der Waals surface area contributed by atoms with E-state index < -0.39 is 21.5 Å². The van der Waals surface area contributed by atoms with Crippen molar-refractivity contribution in [2.24, 2.45) is 0 Å². The molecule has 0 spiro atoms. The van der Waals surface area contributed by atoms with Crippen LogP contribution in [0.15, 0.2) is 18.3 Å². The summed E-state index contributed by atoms with van der Waals surface area (Å²) < 4.78 is 29.7. The highest BCUT2D eigenvalue weighted by molar-refractivity contribution is 7.84. The van der Waals surface area contributed by atoms with Crippen LogP contribution in [0.5, 0.6) is 5.75 Å². The van der Waals surface area contributed by atoms with Gasteiger partial charge in [0.15, 0.2) is 11.2 Å². The van der Waals surface area contributed by atoms with Gasteiger partial charge in [0.05, 0.1) is 0 Å². The van der Waals surface area contributed by atoms with E-state index in [1.54, 1.807) is 0 Å². The normalized spacial score (nSPS) is 11.4. The molecule has 7 heteroatoms. The quantitative estimate of drug-likeness (QED) is 0.510. The lowest BCUT2D eigenvalue weighted by Crippen LogP contribution is -2.25. The summed E-state index contributed by atoms with van der Waals surface area (Å²) in [5.41, 5.74) is -0.681. The van der Waals surface area contributed by atoms with Gasteiger partial charge in [0.1, 0.15) is 0 Å². The fourth-order valence-corrected chi connectivity index (χ4v) is 1.22. The number of hydrogen-bond acceptors (Lipinski definition) is 4. The van der Waals surface area contributed by atoms with E-state index in [1.807, 2.05) is 0 Å². The second-order valence-electron chi connectivity index (χ2n) is 2.02. The van der Waals surface area contributed by atoms with Gasteiger partial charge < -0.3 is 5.11 Å². The Morgan fingerprint density at radius 1 is 1.50 bits per heavy atom. The fraction of sp³-hybridized carbons (Fsp3) is 0. The van der Waals surface area contributed by atoms with Crippen LogP contribution < -0.4 is 5.49 Å². The highest BCUT2D eigenvalue weighted by Crippen LogP contribution is 1.98. The first-order valence-electron chi connectivity index (χ1n) is 2.86. The molecule has 1 heterocycles. The van der Waals surface area contributed by atoms with Crippen molar-refractivity contribution < 1.29 is 18.1 Å². The van der Waals surface area contributed by atoms with Crippen molar-refractivity contribution in [3.8, 4) is 5.75 Å². The van der Waals surface area contributed by atoms with E-state index in [1.165, 1.54) is 6.07 Å². The molecule has 0 aromatic carbocycles. The molecule has 0 amide bonds. The molecule has 0 aliphatic carbocycles. The Hall–Kier alpha value is -1.34. The summed E-state index contributed by atoms with van der Waals surface area (Å²) in [6.45, 7) is 0. The number of rotatable bonds is 1. The topological polar surface area (TPSA) is 103 Å². The third-order valence-corrected chi connectivity index (χ3v) is 1.99. The summed E-state index contributed by atoms with van der Waals surface area (Å²) in [6, 6.07) is 2.34. The molecule has 0 unspecified atom stereocenters. The second-order valence-corrected chi connectivity index (χ2v) is 3.30. The van der Waals surface area contributed by atoms with Gasteiger partial charge >= 0.3 is 10.3 Å². The molecule has 0 saturated heterocycles. The summed E-state index contributed by atoms with van der Waals surface area (Å²) in [5.74, 6) is -0.518. The molecular weight excluding hydrogens is 184 g/mol. The molecule has 0 saturated carbocycles. The third-order valence-electron chi connectivity index (χ3n) is 1.19. The molecule has 1 aromatic heterocycles. The summed E-state index contributed by atoms with van der Waals surface area (Å²) in [6.07, 6.45) is 0.956. The van der Waals surface area contributed by atoms with Gasteiger partial charge in [-0.2, -0.15) is 8.42 Å². The van der Waals surface area contributed by atoms with E-state index in [2.05, 4.69) is 0 Å². The summed E-state index contributed by atoms with van der Waals surface area (Å²) in [7, 11) is -4.49. The molecule has 3 N–H and O–H groups in total. The van der Waals surface area contributed by atoms with Crippen LogP contribution in [0.1, 0.15) is 0 Å². The smallest absolute Gasteiger partial charge is 0.365 e. The van der Waals surface area contributed by atoms with E-state index in [4.69, 9.17) is 15.1 Å². The van der Waals surface area contributed by atoms with Gasteiger partial charge in [-0.3, -0.25) is 9.96 Å². The van der Waals surface area contributed by atoms with E-state index in [-0.39, 0.29) is 3.97 Å². The van der Waals surface area contributed by atoms with Gasteiger partial charge in [0, 0.05) is 6.20 Å². The maximum atomic E-state index is 10.5. The summed E-state index contributed by atoms with van der Waals surface area (Å²) in [5, 5.41) is 15.9. The number of nitrogens with zero attached hydrogens (tertiary/aromatic N) is 1. The lowest BCUT2D eigenvalue weighted by molar-refractivity contribution is 0.446. The third kappa shape index (κ3) is 1.46. The molecular formula is C5H6N2O4S. The van der Waals surface area contributed by atoms with Crippen LogP contribution in [-0.2, 0) is 10.3 Å². The zero-order valence-corrected chi connectivity index (χ0v) is 6.61. The van der Waals surface area contributed by atoms with Gasteiger partial charge in [-0.1, -0.05) is 0 Å². The first-order chi connectivity index (χ1) is 5.43. The Morgan fingerprint density at radius 3 is 2.50 bits per heavy atom. The maximum Gasteiger partial charge on any atom is 0.365 e. The SMILES string of the molecule is N=c1c(O)cccn1S(=O)(=O)O. The lowest BCUT2D eigenvalue weighted by Gasteiger charge is -2.01. The Labute approximate surface area is 68.1 Å². The number of hydrogen-bond donors (Lipinski definition) is 3. The van der Waals surface area contributed by atoms with Crippen LogP contribution in [0.4, 0.5) is 0 Å². The van der Waals surface area contributed by atoms with Gasteiger partial charge in [0.2, 0.25) is 0 Å². The van der Waals surface area contributed by atoms with Crippen molar-refractivity contribution in [2.45, 2.75) is 0 Å². The van der Waals surface area contributed by atoms with Crippen molar-refractivity contribution in [2.75, 3.05) is 0 Å². The maximum absolute atomic E-state index is 10.5. The van der Waals surface area contributed by atoms with Crippen LogP contribution in [-0.4, -0.2) is 22.0 Å². The van der Waals surface area contributed by atoms with E-state index in [9.17, 15) is 8.42 Å². The molecule has 1 aromatic rings. The lowest BCUT2D eigenvalue weighted by atomic mass is 10.5. The first-order valence-corrected chi connectivity index (χ1v) is 4.26. The predicted octanol–water partition coefficient (Wildman–Crippen LogP) is -0.676. The van der Waals surface area contributed by atoms with Gasteiger partial charge in [-0.15, -0.1) is 0 Å². The molecule has 12 heavy (non-hydrogen) atoms. The number of nitrogens with one attached hydrogen (secondary N) is 1. The van der Waals surface area contributed by atoms with Crippen molar-refractivity contribution in [3.05, 3.63) is 23.8 Å². The second kappa shape index (κ2) is 2.61. The minimum Gasteiger partial charge on any atom is -0.504 e. The Bertz CT molecular complexity index is 447. The molecule has 0 bridgehead atoms. The predicted molar refractivity (Wildman–Crippen MR) is 38.9 cm³/mol. The highest BCUT2D eigenvalue weighted by Gasteiger charge is 2.08. The average Bonchev–Trinajstić information content (AvgIpc) is 1.92. The molecule has 0 aliphatic heterocycles. The Kier molecular flexibility index (Phi) is 1.90. The summed E-state index contributed by atoms with van der Waals surface area (Å²) in [4.78, 5) is 0. The zero-order chi connectivity index (χ0) is 9.35. The number of pyridine rings is 1. The minimum absolute atomic E-state index is 0.252. The molecule has 1 rings (SSSR count). The zero-order valence-electron chi connectivity index (χ0n) is 5.80. The highest BCUT2D eigenvalue weighted by atomic mass is 32.2. The fourth-order valence-electron chi connectivity index (χ4n) is 0.671. The van der Waals surface area contributed by atoms with Crippen LogP contribution in [0.3, 0.4) is 0 Å². The minimum atomic E-state index is -4.49. The first kappa shape index (κ1) is 8.75. The molecule has 0 atom stereocenters. The molecule has 0 radical (unpaired) electrons. The standard InChI is InChI=1S/C5H6N2O4S/c6-5-4(8)2-1-3-7(5)12(9,10)11/h1-3,6,8H,(H,9,10,11). The van der Waals surface area contributed by atoms with Crippen LogP contribution >= 0.6 is 0 Å². The van der Waals surface area contributed by atoms with Crippen molar-refractivity contribution in [1.29, 1.82) is 5.41 Å². The summed E-state index contributed by atoms with van der Waals surface area (Å²) >= 11 is 0. The van der Waals surface area contributed by atoms with Gasteiger partial charge in [-0.25, -0.2) is 3.97 Å². The van der Waals surface area contributed by atoms with E-state index in [0.29, 0.717) is 0 Å². The van der Waals surface area contributed by atoms with E-state index >= 15 is 0 Å². The van der Waals surface area contributed by atoms with Gasteiger partial charge in [-0.05, 0) is 12.1 Å². The Balaban J connectivity index is 3.59. The van der Waals surface area contributed by atoms with Crippen molar-refractivity contribution >= 4 is 10.3 Å². The molecule has 6 nitrogen and oxygen atoms in total.